The Morgan fingerprint density at radius 1 is 1.29 bits per heavy atom. The topological polar surface area (TPSA) is 67.4 Å². The number of anilines is 1. The average molecular weight is 557 g/mol. The molecular formula is C19H22Br2Cl2N2O3. The highest BCUT2D eigenvalue weighted by Crippen LogP contribution is 2.59. The Labute approximate surface area is 191 Å². The molecule has 1 aromatic carbocycles. The van der Waals surface area contributed by atoms with Crippen molar-refractivity contribution < 1.29 is 14.3 Å². The zero-order valence-electron chi connectivity index (χ0n) is 15.9. The van der Waals surface area contributed by atoms with E-state index in [9.17, 15) is 9.59 Å². The van der Waals surface area contributed by atoms with E-state index < -0.39 is 11.6 Å². The lowest BCUT2D eigenvalue weighted by Gasteiger charge is -2.26. The number of hydrogen-bond acceptors (Lipinski definition) is 3. The molecule has 0 spiro atoms. The number of carbonyl (C=O) groups excluding carboxylic acids is 2. The summed E-state index contributed by atoms with van der Waals surface area (Å²) in [5.74, 6) is -0.371. The van der Waals surface area contributed by atoms with Gasteiger partial charge in [0, 0.05) is 8.95 Å². The second-order valence-electron chi connectivity index (χ2n) is 7.98. The lowest BCUT2D eigenvalue weighted by atomic mass is 10.1. The van der Waals surface area contributed by atoms with Gasteiger partial charge < -0.3 is 10.1 Å². The van der Waals surface area contributed by atoms with Gasteiger partial charge in [-0.3, -0.25) is 10.1 Å². The number of halogens is 4. The maximum Gasteiger partial charge on any atom is 0.411 e. The fraction of sp³-hybridized carbons (Fsp3) is 0.474. The molecule has 1 fully saturated rings. The molecule has 2 amide bonds. The number of ether oxygens (including phenoxy) is 1. The van der Waals surface area contributed by atoms with Crippen LogP contribution in [-0.4, -0.2) is 24.1 Å². The molecule has 0 aromatic heterocycles. The van der Waals surface area contributed by atoms with E-state index in [-0.39, 0.29) is 34.3 Å². The number of benzene rings is 1. The standard InChI is InChI=1S/C19H22Br2Cl2N2O3/c1-18(2,25-16(26)15-11(8-14(22)23)19(15,3)4)9-28-17(27)24-13-6-5-10(20)7-12(13)21/h5-8,11,15H,9H2,1-4H3,(H,24,27)(H,25,26)/t11-,15+/m0/s1. The Morgan fingerprint density at radius 3 is 2.50 bits per heavy atom. The molecule has 5 nitrogen and oxygen atoms in total. The van der Waals surface area contributed by atoms with Crippen LogP contribution in [0.3, 0.4) is 0 Å². The van der Waals surface area contributed by atoms with E-state index in [1.807, 2.05) is 19.9 Å². The van der Waals surface area contributed by atoms with Crippen LogP contribution in [-0.2, 0) is 9.53 Å². The van der Waals surface area contributed by atoms with Crippen LogP contribution in [0.4, 0.5) is 10.5 Å². The van der Waals surface area contributed by atoms with Gasteiger partial charge in [-0.15, -0.1) is 0 Å². The molecule has 2 atom stereocenters. The maximum absolute atomic E-state index is 12.6. The first-order valence-corrected chi connectivity index (χ1v) is 10.9. The largest absolute Gasteiger partial charge is 0.447 e. The van der Waals surface area contributed by atoms with Crippen molar-refractivity contribution in [1.82, 2.24) is 5.32 Å². The smallest absolute Gasteiger partial charge is 0.411 e. The summed E-state index contributed by atoms with van der Waals surface area (Å²) < 4.78 is 7.05. The highest BCUT2D eigenvalue weighted by molar-refractivity contribution is 9.11. The molecule has 1 aliphatic carbocycles. The summed E-state index contributed by atoms with van der Waals surface area (Å²) in [6.45, 7) is 7.58. The predicted octanol–water partition coefficient (Wildman–Crippen LogP) is 6.25. The Hall–Kier alpha value is -0.760. The van der Waals surface area contributed by atoms with Crippen LogP contribution in [0.5, 0.6) is 0 Å². The molecule has 2 rings (SSSR count). The van der Waals surface area contributed by atoms with Gasteiger partial charge in [0.05, 0.1) is 17.1 Å². The average Bonchev–Trinajstić information content (AvgIpc) is 3.07. The number of rotatable bonds is 6. The minimum absolute atomic E-state index is 0.0165. The van der Waals surface area contributed by atoms with Crippen LogP contribution in [0.1, 0.15) is 27.7 Å². The molecule has 0 heterocycles. The zero-order valence-corrected chi connectivity index (χ0v) is 20.6. The molecule has 1 aliphatic rings. The van der Waals surface area contributed by atoms with Crippen molar-refractivity contribution in [2.75, 3.05) is 11.9 Å². The summed E-state index contributed by atoms with van der Waals surface area (Å²) in [6.07, 6.45) is 1.09. The van der Waals surface area contributed by atoms with Gasteiger partial charge in [-0.2, -0.15) is 0 Å². The van der Waals surface area contributed by atoms with Crippen LogP contribution in [0.25, 0.3) is 0 Å². The summed E-state index contributed by atoms with van der Waals surface area (Å²) in [6, 6.07) is 5.36. The molecule has 1 aromatic rings. The van der Waals surface area contributed by atoms with Gasteiger partial charge in [0.1, 0.15) is 11.1 Å². The van der Waals surface area contributed by atoms with Crippen LogP contribution in [0.15, 0.2) is 37.7 Å². The van der Waals surface area contributed by atoms with E-state index in [2.05, 4.69) is 42.5 Å². The highest BCUT2D eigenvalue weighted by atomic mass is 79.9. The Balaban J connectivity index is 1.89. The van der Waals surface area contributed by atoms with E-state index in [1.54, 1.807) is 32.1 Å². The van der Waals surface area contributed by atoms with Crippen molar-refractivity contribution >= 4 is 72.7 Å². The molecule has 28 heavy (non-hydrogen) atoms. The van der Waals surface area contributed by atoms with Crippen molar-refractivity contribution in [3.8, 4) is 0 Å². The lowest BCUT2D eigenvalue weighted by Crippen LogP contribution is -2.48. The Kier molecular flexibility index (Phi) is 7.51. The molecular weight excluding hydrogens is 535 g/mol. The monoisotopic (exact) mass is 554 g/mol. The molecule has 154 valence electrons. The Bertz CT molecular complexity index is 808. The van der Waals surface area contributed by atoms with Gasteiger partial charge in [-0.25, -0.2) is 4.79 Å². The van der Waals surface area contributed by atoms with Crippen molar-refractivity contribution in [3.63, 3.8) is 0 Å². The molecule has 1 saturated carbocycles. The predicted molar refractivity (Wildman–Crippen MR) is 120 cm³/mol. The van der Waals surface area contributed by atoms with Crippen molar-refractivity contribution in [2.24, 2.45) is 17.3 Å². The maximum atomic E-state index is 12.6. The second-order valence-corrected chi connectivity index (χ2v) is 10.8. The number of amides is 2. The first-order valence-electron chi connectivity index (χ1n) is 8.57. The van der Waals surface area contributed by atoms with E-state index in [0.29, 0.717) is 5.69 Å². The van der Waals surface area contributed by atoms with Crippen molar-refractivity contribution in [1.29, 1.82) is 0 Å². The van der Waals surface area contributed by atoms with E-state index in [4.69, 9.17) is 27.9 Å². The molecule has 0 bridgehead atoms. The van der Waals surface area contributed by atoms with Crippen LogP contribution in [0, 0.1) is 17.3 Å². The fourth-order valence-corrected chi connectivity index (χ4v) is 4.47. The Morgan fingerprint density at radius 2 is 1.93 bits per heavy atom. The SMILES string of the molecule is CC(C)(COC(=O)Nc1ccc(Br)cc1Br)NC(=O)[C@H]1[C@H](C=C(Cl)Cl)C1(C)C. The van der Waals surface area contributed by atoms with Crippen molar-refractivity contribution in [2.45, 2.75) is 33.2 Å². The van der Waals surface area contributed by atoms with Gasteiger partial charge in [0.25, 0.3) is 0 Å². The van der Waals surface area contributed by atoms with Gasteiger partial charge in [0.2, 0.25) is 5.91 Å². The molecule has 0 radical (unpaired) electrons. The van der Waals surface area contributed by atoms with Gasteiger partial charge in [-0.05, 0) is 65.4 Å². The fourth-order valence-electron chi connectivity index (χ4n) is 3.06. The quantitative estimate of drug-likeness (QED) is 0.435. The molecule has 0 saturated heterocycles. The van der Waals surface area contributed by atoms with Crippen LogP contribution in [0.2, 0.25) is 0 Å². The molecule has 9 heteroatoms. The first-order chi connectivity index (χ1) is 12.8. The minimum Gasteiger partial charge on any atom is -0.447 e. The molecule has 0 aliphatic heterocycles. The summed E-state index contributed by atoms with van der Waals surface area (Å²) in [7, 11) is 0. The van der Waals surface area contributed by atoms with Gasteiger partial charge >= 0.3 is 6.09 Å². The third kappa shape index (κ3) is 6.12. The van der Waals surface area contributed by atoms with Crippen LogP contribution < -0.4 is 10.6 Å². The minimum atomic E-state index is -0.733. The van der Waals surface area contributed by atoms with E-state index in [1.165, 1.54) is 0 Å². The molecule has 0 unspecified atom stereocenters. The highest BCUT2D eigenvalue weighted by Gasteiger charge is 2.61. The van der Waals surface area contributed by atoms with Crippen molar-refractivity contribution in [3.05, 3.63) is 37.7 Å². The molecule has 2 N–H and O–H groups in total. The summed E-state index contributed by atoms with van der Waals surface area (Å²) in [4.78, 5) is 24.7. The van der Waals surface area contributed by atoms with E-state index >= 15 is 0 Å². The third-order valence-corrected chi connectivity index (χ3v) is 6.09. The third-order valence-electron chi connectivity index (χ3n) is 4.69. The summed E-state index contributed by atoms with van der Waals surface area (Å²) >= 11 is 18.2. The lowest BCUT2D eigenvalue weighted by molar-refractivity contribution is -0.125. The number of carbonyl (C=O) groups is 2. The first kappa shape index (κ1) is 23.5. The summed E-state index contributed by atoms with van der Waals surface area (Å²) in [5, 5.41) is 5.60. The number of hydrogen-bond donors (Lipinski definition) is 2. The number of allylic oxidation sites excluding steroid dienone is 1. The van der Waals surface area contributed by atoms with E-state index in [0.717, 1.165) is 8.95 Å². The summed E-state index contributed by atoms with van der Waals surface area (Å²) in [5.41, 5.74) is -0.369. The normalized spacial score (nSPS) is 20.1. The zero-order chi connectivity index (χ0) is 21.3. The van der Waals surface area contributed by atoms with Gasteiger partial charge in [-0.1, -0.05) is 53.0 Å². The second kappa shape index (κ2) is 8.94. The van der Waals surface area contributed by atoms with Gasteiger partial charge in [0.15, 0.2) is 0 Å². The van der Waals surface area contributed by atoms with Crippen LogP contribution >= 0.6 is 55.1 Å². The number of nitrogens with one attached hydrogen (secondary N) is 2.